The van der Waals surface area contributed by atoms with Crippen molar-refractivity contribution >= 4 is 29.6 Å². The molecule has 0 bridgehead atoms. The van der Waals surface area contributed by atoms with Crippen molar-refractivity contribution in [1.29, 1.82) is 0 Å². The third-order valence-corrected chi connectivity index (χ3v) is 4.01. The van der Waals surface area contributed by atoms with E-state index >= 15 is 0 Å². The van der Waals surface area contributed by atoms with Crippen molar-refractivity contribution in [1.82, 2.24) is 16.0 Å². The van der Waals surface area contributed by atoms with Gasteiger partial charge in [-0.1, -0.05) is 12.1 Å². The van der Waals surface area contributed by atoms with E-state index in [1.807, 2.05) is 5.32 Å². The number of phenolic OH excluding ortho intramolecular Hbond substituents is 1. The summed E-state index contributed by atoms with van der Waals surface area (Å²) in [6, 6.07) is 1.90. The summed E-state index contributed by atoms with van der Waals surface area (Å²) in [4.78, 5) is 58.3. The quantitative estimate of drug-likeness (QED) is 0.160. The summed E-state index contributed by atoms with van der Waals surface area (Å²) in [6.45, 7) is -1.53. The van der Waals surface area contributed by atoms with Crippen LogP contribution in [0.4, 0.5) is 0 Å². The van der Waals surface area contributed by atoms with Gasteiger partial charge < -0.3 is 42.7 Å². The predicted molar refractivity (Wildman–Crippen MR) is 105 cm³/mol. The number of carboxylic acids is 1. The van der Waals surface area contributed by atoms with E-state index in [1.54, 1.807) is 12.1 Å². The Kier molecular flexibility index (Phi) is 9.88. The van der Waals surface area contributed by atoms with Gasteiger partial charge in [0.15, 0.2) is 0 Å². The van der Waals surface area contributed by atoms with E-state index in [4.69, 9.17) is 21.7 Å². The minimum Gasteiger partial charge on any atom is -0.508 e. The first-order chi connectivity index (χ1) is 14.5. The Morgan fingerprint density at radius 1 is 0.968 bits per heavy atom. The number of nitrogens with two attached hydrogens (primary N) is 2. The monoisotopic (exact) mass is 439 g/mol. The molecule has 0 fully saturated rings. The van der Waals surface area contributed by atoms with Crippen LogP contribution in [0.15, 0.2) is 24.3 Å². The highest BCUT2D eigenvalue weighted by molar-refractivity contribution is 5.95. The highest BCUT2D eigenvalue weighted by Crippen LogP contribution is 2.11. The lowest BCUT2D eigenvalue weighted by molar-refractivity contribution is -0.143. The van der Waals surface area contributed by atoms with E-state index in [0.717, 1.165) is 0 Å². The summed E-state index contributed by atoms with van der Waals surface area (Å²) in [5.41, 5.74) is 11.6. The smallest absolute Gasteiger partial charge is 0.328 e. The fraction of sp³-hybridized carbons (Fsp3) is 0.389. The lowest BCUT2D eigenvalue weighted by atomic mass is 10.0. The molecule has 1 aromatic rings. The van der Waals surface area contributed by atoms with Crippen LogP contribution >= 0.6 is 0 Å². The number of hydrogen-bond donors (Lipinski definition) is 8. The molecule has 10 N–H and O–H groups in total. The molecule has 13 nitrogen and oxygen atoms in total. The van der Waals surface area contributed by atoms with Crippen molar-refractivity contribution in [2.24, 2.45) is 11.5 Å². The number of nitrogens with one attached hydrogen (secondary N) is 3. The number of aliphatic carboxylic acids is 1. The second-order valence-corrected chi connectivity index (χ2v) is 6.57. The molecule has 1 rings (SSSR count). The number of carbonyl (C=O) groups is 5. The maximum Gasteiger partial charge on any atom is 0.328 e. The maximum absolute atomic E-state index is 12.3. The van der Waals surface area contributed by atoms with E-state index in [-0.39, 0.29) is 12.2 Å². The minimum absolute atomic E-state index is 0.0395. The number of benzene rings is 1. The summed E-state index contributed by atoms with van der Waals surface area (Å²) < 4.78 is 0. The molecule has 0 saturated heterocycles. The van der Waals surface area contributed by atoms with Gasteiger partial charge >= 0.3 is 5.97 Å². The van der Waals surface area contributed by atoms with Gasteiger partial charge in [-0.25, -0.2) is 4.79 Å². The van der Waals surface area contributed by atoms with E-state index in [2.05, 4.69) is 10.6 Å². The molecule has 0 aromatic heterocycles. The SMILES string of the molecule is NC(=O)CC(NC(=O)C(N)Cc1ccc(O)cc1)C(=O)NCC(=O)NC(CO)C(=O)O. The number of carbonyl (C=O) groups excluding carboxylic acids is 4. The average molecular weight is 439 g/mol. The van der Waals surface area contributed by atoms with Gasteiger partial charge in [0.25, 0.3) is 0 Å². The Morgan fingerprint density at radius 3 is 2.10 bits per heavy atom. The molecular weight excluding hydrogens is 414 g/mol. The molecular formula is C18H25N5O8. The highest BCUT2D eigenvalue weighted by atomic mass is 16.4. The van der Waals surface area contributed by atoms with Gasteiger partial charge in [-0.2, -0.15) is 0 Å². The van der Waals surface area contributed by atoms with Crippen LogP contribution in [-0.4, -0.2) is 76.2 Å². The standard InChI is InChI=1S/C18H25N5O8/c19-11(5-9-1-3-10(25)4-2-9)16(28)23-12(6-14(20)26)17(29)21-7-15(27)22-13(8-24)18(30)31/h1-4,11-13,24-25H,5-8,19H2,(H2,20,26)(H,21,29)(H,22,27)(H,23,28)(H,30,31). The van der Waals surface area contributed by atoms with Gasteiger partial charge in [0.2, 0.25) is 23.6 Å². The van der Waals surface area contributed by atoms with Crippen molar-refractivity contribution in [2.45, 2.75) is 31.0 Å². The molecule has 0 heterocycles. The normalized spacial score (nSPS) is 13.4. The predicted octanol–water partition coefficient (Wildman–Crippen LogP) is -3.70. The molecule has 0 aliphatic heterocycles. The number of rotatable bonds is 12. The van der Waals surface area contributed by atoms with E-state index in [1.165, 1.54) is 12.1 Å². The first kappa shape index (κ1) is 25.3. The molecule has 3 unspecified atom stereocenters. The lowest BCUT2D eigenvalue weighted by Crippen LogP contribution is -2.55. The molecule has 3 atom stereocenters. The molecule has 0 saturated carbocycles. The molecule has 31 heavy (non-hydrogen) atoms. The number of aromatic hydroxyl groups is 1. The van der Waals surface area contributed by atoms with Gasteiger partial charge in [-0.15, -0.1) is 0 Å². The number of carboxylic acid groups (broad SMARTS) is 1. The van der Waals surface area contributed by atoms with E-state index in [9.17, 15) is 29.1 Å². The molecule has 0 radical (unpaired) electrons. The van der Waals surface area contributed by atoms with Gasteiger partial charge in [-0.05, 0) is 24.1 Å². The molecule has 0 spiro atoms. The second kappa shape index (κ2) is 12.1. The largest absolute Gasteiger partial charge is 0.508 e. The number of hydrogen-bond acceptors (Lipinski definition) is 8. The molecule has 170 valence electrons. The van der Waals surface area contributed by atoms with Gasteiger partial charge in [-0.3, -0.25) is 19.2 Å². The van der Waals surface area contributed by atoms with Crippen LogP contribution in [0.3, 0.4) is 0 Å². The zero-order valence-corrected chi connectivity index (χ0v) is 16.4. The first-order valence-corrected chi connectivity index (χ1v) is 9.06. The van der Waals surface area contributed by atoms with Crippen LogP contribution in [0.2, 0.25) is 0 Å². The van der Waals surface area contributed by atoms with E-state index in [0.29, 0.717) is 5.56 Å². The van der Waals surface area contributed by atoms with Crippen molar-refractivity contribution < 1.29 is 39.3 Å². The van der Waals surface area contributed by atoms with Crippen molar-refractivity contribution in [3.8, 4) is 5.75 Å². The van der Waals surface area contributed by atoms with Crippen LogP contribution in [0.1, 0.15) is 12.0 Å². The van der Waals surface area contributed by atoms with Gasteiger partial charge in [0.1, 0.15) is 17.8 Å². The Labute approximate surface area is 176 Å². The first-order valence-electron chi connectivity index (χ1n) is 9.06. The Balaban J connectivity index is 2.67. The number of phenols is 1. The highest BCUT2D eigenvalue weighted by Gasteiger charge is 2.26. The fourth-order valence-electron chi connectivity index (χ4n) is 2.39. The third kappa shape index (κ3) is 9.10. The minimum atomic E-state index is -1.55. The van der Waals surface area contributed by atoms with Crippen LogP contribution in [0.5, 0.6) is 5.75 Å². The average Bonchev–Trinajstić information content (AvgIpc) is 2.70. The summed E-state index contributed by atoms with van der Waals surface area (Å²) in [5.74, 6) is -4.92. The number of amides is 4. The molecule has 13 heteroatoms. The van der Waals surface area contributed by atoms with Gasteiger partial charge in [0.05, 0.1) is 25.6 Å². The molecule has 1 aromatic carbocycles. The Morgan fingerprint density at radius 2 is 1.58 bits per heavy atom. The molecule has 4 amide bonds. The van der Waals surface area contributed by atoms with Crippen LogP contribution < -0.4 is 27.4 Å². The van der Waals surface area contributed by atoms with Crippen LogP contribution in [-0.2, 0) is 30.4 Å². The van der Waals surface area contributed by atoms with Crippen LogP contribution in [0, 0.1) is 0 Å². The zero-order chi connectivity index (χ0) is 23.6. The summed E-state index contributed by atoms with van der Waals surface area (Å²) >= 11 is 0. The zero-order valence-electron chi connectivity index (χ0n) is 16.4. The summed E-state index contributed by atoms with van der Waals surface area (Å²) in [6.07, 6.45) is -0.489. The van der Waals surface area contributed by atoms with E-state index < -0.39 is 67.3 Å². The topological polar surface area (TPSA) is 234 Å². The van der Waals surface area contributed by atoms with Crippen molar-refractivity contribution in [3.05, 3.63) is 29.8 Å². The van der Waals surface area contributed by atoms with Crippen molar-refractivity contribution in [2.75, 3.05) is 13.2 Å². The third-order valence-electron chi connectivity index (χ3n) is 4.01. The summed E-state index contributed by atoms with van der Waals surface area (Å²) in [7, 11) is 0. The van der Waals surface area contributed by atoms with Gasteiger partial charge in [0, 0.05) is 0 Å². The van der Waals surface area contributed by atoms with Crippen molar-refractivity contribution in [3.63, 3.8) is 0 Å². The Bertz CT molecular complexity index is 814. The van der Waals surface area contributed by atoms with Crippen LogP contribution in [0.25, 0.3) is 0 Å². The molecule has 0 aliphatic rings. The molecule has 0 aliphatic carbocycles. The second-order valence-electron chi connectivity index (χ2n) is 6.57. The lowest BCUT2D eigenvalue weighted by Gasteiger charge is -2.20. The fourth-order valence-corrected chi connectivity index (χ4v) is 2.39. The maximum atomic E-state index is 12.3. The number of primary amides is 1. The summed E-state index contributed by atoms with van der Waals surface area (Å²) in [5, 5.41) is 33.3. The Hall–Kier alpha value is -3.71. The number of aliphatic hydroxyl groups excluding tert-OH is 1. The number of aliphatic hydroxyl groups is 1.